The number of anilines is 1. The summed E-state index contributed by atoms with van der Waals surface area (Å²) in [5.41, 5.74) is 8.16. The Hall–Kier alpha value is -2.37. The van der Waals surface area contributed by atoms with Crippen LogP contribution in [0.15, 0.2) is 36.4 Å². The topological polar surface area (TPSA) is 107 Å². The number of nitrogens with one attached hydrogen (secondary N) is 1. The zero-order valence-electron chi connectivity index (χ0n) is 12.8. The number of carboxylic acid groups (broad SMARTS) is 1. The SMILES string of the molecule is N=C(C(=O)O)c1cc(-c2ccc(C3CC(O)C3)cc2)c(Cl)cc1N. The molecule has 2 aromatic rings. The molecule has 0 saturated heterocycles. The van der Waals surface area contributed by atoms with Crippen molar-refractivity contribution < 1.29 is 15.0 Å². The van der Waals surface area contributed by atoms with Crippen LogP contribution in [0.1, 0.15) is 29.9 Å². The molecule has 1 fully saturated rings. The van der Waals surface area contributed by atoms with Crippen LogP contribution in [0.3, 0.4) is 0 Å². The molecule has 0 radical (unpaired) electrons. The first-order valence-electron chi connectivity index (χ1n) is 7.56. The Labute approximate surface area is 144 Å². The second-order valence-electron chi connectivity index (χ2n) is 6.04. The Morgan fingerprint density at radius 3 is 2.38 bits per heavy atom. The van der Waals surface area contributed by atoms with Gasteiger partial charge in [0.15, 0.2) is 0 Å². The first-order chi connectivity index (χ1) is 11.4. The number of carbonyl (C=O) groups is 1. The molecule has 124 valence electrons. The third kappa shape index (κ3) is 3.00. The van der Waals surface area contributed by atoms with Crippen LogP contribution in [0.5, 0.6) is 0 Å². The second-order valence-corrected chi connectivity index (χ2v) is 6.45. The van der Waals surface area contributed by atoms with Gasteiger partial charge in [0.25, 0.3) is 0 Å². The lowest BCUT2D eigenvalue weighted by atomic mass is 9.77. The van der Waals surface area contributed by atoms with Crippen molar-refractivity contribution in [3.8, 4) is 11.1 Å². The lowest BCUT2D eigenvalue weighted by Crippen LogP contribution is -2.26. The van der Waals surface area contributed by atoms with Crippen LogP contribution < -0.4 is 5.73 Å². The van der Waals surface area contributed by atoms with Gasteiger partial charge in [0.05, 0.1) is 11.1 Å². The van der Waals surface area contributed by atoms with Gasteiger partial charge in [0, 0.05) is 16.8 Å². The van der Waals surface area contributed by atoms with Gasteiger partial charge in [-0.15, -0.1) is 0 Å². The normalized spacial score (nSPS) is 19.6. The highest BCUT2D eigenvalue weighted by atomic mass is 35.5. The van der Waals surface area contributed by atoms with E-state index in [4.69, 9.17) is 27.9 Å². The van der Waals surface area contributed by atoms with E-state index in [-0.39, 0.29) is 17.4 Å². The molecule has 0 aromatic heterocycles. The summed E-state index contributed by atoms with van der Waals surface area (Å²) in [6.07, 6.45) is 1.36. The molecule has 1 aliphatic carbocycles. The highest BCUT2D eigenvalue weighted by molar-refractivity contribution is 6.43. The maximum Gasteiger partial charge on any atom is 0.354 e. The first kappa shape index (κ1) is 16.5. The lowest BCUT2D eigenvalue weighted by Gasteiger charge is -2.31. The molecule has 0 heterocycles. The van der Waals surface area contributed by atoms with Crippen LogP contribution in [0.4, 0.5) is 5.69 Å². The minimum absolute atomic E-state index is 0.146. The van der Waals surface area contributed by atoms with Gasteiger partial charge in [0.1, 0.15) is 5.71 Å². The first-order valence-corrected chi connectivity index (χ1v) is 7.94. The summed E-state index contributed by atoms with van der Waals surface area (Å²) < 4.78 is 0. The predicted molar refractivity (Wildman–Crippen MR) is 93.7 cm³/mol. The molecule has 0 unspecified atom stereocenters. The van der Waals surface area contributed by atoms with Crippen LogP contribution >= 0.6 is 11.6 Å². The third-order valence-corrected chi connectivity index (χ3v) is 4.74. The molecule has 6 heteroatoms. The molecule has 5 nitrogen and oxygen atoms in total. The van der Waals surface area contributed by atoms with Gasteiger partial charge >= 0.3 is 5.97 Å². The fourth-order valence-electron chi connectivity index (χ4n) is 2.94. The van der Waals surface area contributed by atoms with E-state index >= 15 is 0 Å². The average molecular weight is 345 g/mol. The number of benzene rings is 2. The number of aliphatic carboxylic acids is 1. The van der Waals surface area contributed by atoms with Crippen molar-refractivity contribution in [2.75, 3.05) is 5.73 Å². The number of rotatable bonds is 4. The van der Waals surface area contributed by atoms with Crippen molar-refractivity contribution in [1.82, 2.24) is 0 Å². The van der Waals surface area contributed by atoms with Crippen molar-refractivity contribution in [1.29, 1.82) is 5.41 Å². The molecule has 24 heavy (non-hydrogen) atoms. The van der Waals surface area contributed by atoms with E-state index in [0.29, 0.717) is 16.5 Å². The smallest absolute Gasteiger partial charge is 0.354 e. The molecular weight excluding hydrogens is 328 g/mol. The average Bonchev–Trinajstić information content (AvgIpc) is 2.52. The zero-order valence-corrected chi connectivity index (χ0v) is 13.5. The summed E-state index contributed by atoms with van der Waals surface area (Å²) in [7, 11) is 0. The number of aliphatic hydroxyl groups excluding tert-OH is 1. The molecule has 0 bridgehead atoms. The minimum atomic E-state index is -1.34. The van der Waals surface area contributed by atoms with Crippen LogP contribution in [0.2, 0.25) is 5.02 Å². The van der Waals surface area contributed by atoms with E-state index in [1.54, 1.807) is 0 Å². The largest absolute Gasteiger partial charge is 0.477 e. The number of halogens is 1. The Morgan fingerprint density at radius 2 is 1.83 bits per heavy atom. The van der Waals surface area contributed by atoms with E-state index in [2.05, 4.69) is 0 Å². The molecular formula is C18H17ClN2O3. The van der Waals surface area contributed by atoms with Crippen molar-refractivity contribution in [2.45, 2.75) is 24.9 Å². The van der Waals surface area contributed by atoms with Crippen LogP contribution in [0.25, 0.3) is 11.1 Å². The van der Waals surface area contributed by atoms with Gasteiger partial charge in [0.2, 0.25) is 0 Å². The quantitative estimate of drug-likeness (QED) is 0.504. The number of aliphatic hydroxyl groups is 1. The monoisotopic (exact) mass is 344 g/mol. The van der Waals surface area contributed by atoms with Crippen molar-refractivity contribution in [3.63, 3.8) is 0 Å². The fraction of sp³-hybridized carbons (Fsp3) is 0.222. The summed E-state index contributed by atoms with van der Waals surface area (Å²) in [6.45, 7) is 0. The Kier molecular flexibility index (Phi) is 4.30. The molecule has 3 rings (SSSR count). The number of carboxylic acids is 1. The van der Waals surface area contributed by atoms with E-state index in [1.807, 2.05) is 24.3 Å². The fourth-order valence-corrected chi connectivity index (χ4v) is 3.22. The minimum Gasteiger partial charge on any atom is -0.477 e. The van der Waals surface area contributed by atoms with E-state index in [0.717, 1.165) is 24.0 Å². The number of hydrogen-bond acceptors (Lipinski definition) is 4. The third-order valence-electron chi connectivity index (χ3n) is 4.43. The van der Waals surface area contributed by atoms with Crippen LogP contribution in [0, 0.1) is 5.41 Å². The van der Waals surface area contributed by atoms with Crippen LogP contribution in [-0.4, -0.2) is 28.0 Å². The molecule has 0 aliphatic heterocycles. The van der Waals surface area contributed by atoms with Gasteiger partial charge in [-0.3, -0.25) is 5.41 Å². The van der Waals surface area contributed by atoms with Gasteiger partial charge < -0.3 is 15.9 Å². The van der Waals surface area contributed by atoms with Crippen LogP contribution in [-0.2, 0) is 4.79 Å². The van der Waals surface area contributed by atoms with E-state index in [1.165, 1.54) is 12.1 Å². The molecule has 1 aliphatic rings. The molecule has 1 saturated carbocycles. The van der Waals surface area contributed by atoms with Crippen molar-refractivity contribution >= 4 is 29.0 Å². The summed E-state index contributed by atoms with van der Waals surface area (Å²) in [4.78, 5) is 11.0. The highest BCUT2D eigenvalue weighted by Crippen LogP contribution is 2.38. The second kappa shape index (κ2) is 6.26. The van der Waals surface area contributed by atoms with E-state index in [9.17, 15) is 9.90 Å². The molecule has 0 spiro atoms. The maximum atomic E-state index is 11.0. The standard InChI is InChI=1S/C18H17ClN2O3/c19-15-8-16(20)14(17(21)18(23)24)7-13(15)10-3-1-9(2-4-10)11-5-12(22)6-11/h1-4,7-8,11-12,21-22H,5-6,20H2,(H,23,24). The van der Waals surface area contributed by atoms with Gasteiger partial charge in [-0.25, -0.2) is 4.79 Å². The Balaban J connectivity index is 1.95. The highest BCUT2D eigenvalue weighted by Gasteiger charge is 2.28. The summed E-state index contributed by atoms with van der Waals surface area (Å²) >= 11 is 6.25. The zero-order chi connectivity index (χ0) is 17.4. The molecule has 0 amide bonds. The summed E-state index contributed by atoms with van der Waals surface area (Å²) in [5.74, 6) is -0.958. The molecule has 0 atom stereocenters. The Morgan fingerprint density at radius 1 is 1.21 bits per heavy atom. The lowest BCUT2D eigenvalue weighted by molar-refractivity contribution is -0.129. The van der Waals surface area contributed by atoms with E-state index < -0.39 is 11.7 Å². The number of hydrogen-bond donors (Lipinski definition) is 4. The van der Waals surface area contributed by atoms with Gasteiger partial charge in [-0.2, -0.15) is 0 Å². The molecule has 2 aromatic carbocycles. The number of nitrogen functional groups attached to an aromatic ring is 1. The maximum absolute atomic E-state index is 11.0. The Bertz CT molecular complexity index is 812. The molecule has 5 N–H and O–H groups in total. The van der Waals surface area contributed by atoms with Crippen molar-refractivity contribution in [3.05, 3.63) is 52.5 Å². The summed E-state index contributed by atoms with van der Waals surface area (Å²) in [5, 5.41) is 26.5. The van der Waals surface area contributed by atoms with Crippen molar-refractivity contribution in [2.24, 2.45) is 0 Å². The predicted octanol–water partition coefficient (Wildman–Crippen LogP) is 3.28. The number of nitrogens with two attached hydrogens (primary N) is 1. The summed E-state index contributed by atoms with van der Waals surface area (Å²) in [6, 6.07) is 10.8. The van der Waals surface area contributed by atoms with Gasteiger partial charge in [-0.05, 0) is 42.0 Å². The van der Waals surface area contributed by atoms with Gasteiger partial charge in [-0.1, -0.05) is 35.9 Å².